The topological polar surface area (TPSA) is 23.8 Å². The van der Waals surface area contributed by atoms with Crippen molar-refractivity contribution in [3.05, 3.63) is 0 Å². The molecule has 0 spiro atoms. The minimum Gasteiger partial charge on any atom is -0.198 e. The van der Waals surface area contributed by atoms with Gasteiger partial charge >= 0.3 is 0 Å². The second-order valence-electron chi connectivity index (χ2n) is 10.7. The smallest absolute Gasteiger partial charge is 0.0656 e. The van der Waals surface area contributed by atoms with E-state index in [9.17, 15) is 5.26 Å². The first-order valence-electron chi connectivity index (χ1n) is 10.2. The van der Waals surface area contributed by atoms with Gasteiger partial charge in [0.2, 0.25) is 0 Å². The van der Waals surface area contributed by atoms with Crippen LogP contribution < -0.4 is 0 Å². The fourth-order valence-corrected chi connectivity index (χ4v) is 8.14. The van der Waals surface area contributed by atoms with Gasteiger partial charge in [-0.3, -0.25) is 0 Å². The van der Waals surface area contributed by atoms with Crippen LogP contribution in [0.15, 0.2) is 0 Å². The van der Waals surface area contributed by atoms with Crippen molar-refractivity contribution in [3.63, 3.8) is 0 Å². The van der Waals surface area contributed by atoms with Gasteiger partial charge in [-0.25, -0.2) is 0 Å². The third kappa shape index (κ3) is 1.85. The van der Waals surface area contributed by atoms with E-state index < -0.39 is 0 Å². The highest BCUT2D eigenvalue weighted by Crippen LogP contribution is 2.73. The zero-order chi connectivity index (χ0) is 16.5. The molecule has 0 aromatic carbocycles. The fourth-order valence-electron chi connectivity index (χ4n) is 8.14. The molecule has 0 N–H and O–H groups in total. The van der Waals surface area contributed by atoms with Gasteiger partial charge in [-0.2, -0.15) is 5.26 Å². The molecule has 7 atom stereocenters. The maximum Gasteiger partial charge on any atom is 0.0656 e. The second kappa shape index (κ2) is 4.77. The number of nitrogens with zero attached hydrogens (tertiary/aromatic N) is 1. The van der Waals surface area contributed by atoms with Crippen LogP contribution in [-0.2, 0) is 0 Å². The summed E-state index contributed by atoms with van der Waals surface area (Å²) in [4.78, 5) is 0. The standard InChI is InChI=1S/C22H35N/c1-19-9-5-10-21(19,3)17-8-12-20(2)14-16(15-23)6-13-22(20,4)18(17)7-11-19/h16-18H,5-14H2,1-4H3/t16-,17+,18-,19+,20+,21+,22-/m1/s1. The van der Waals surface area contributed by atoms with E-state index in [2.05, 4.69) is 33.8 Å². The lowest BCUT2D eigenvalue weighted by Gasteiger charge is -2.67. The Labute approximate surface area is 143 Å². The third-order valence-corrected chi connectivity index (χ3v) is 10.2. The van der Waals surface area contributed by atoms with Gasteiger partial charge in [-0.1, -0.05) is 34.1 Å². The fraction of sp³-hybridized carbons (Fsp3) is 0.955. The van der Waals surface area contributed by atoms with Gasteiger partial charge in [0.05, 0.1) is 6.07 Å². The molecule has 0 saturated heterocycles. The van der Waals surface area contributed by atoms with Crippen molar-refractivity contribution in [2.75, 3.05) is 0 Å². The average Bonchev–Trinajstić information content (AvgIpc) is 2.83. The normalized spacial score (nSPS) is 58.7. The van der Waals surface area contributed by atoms with Crippen molar-refractivity contribution >= 4 is 0 Å². The van der Waals surface area contributed by atoms with E-state index in [0.29, 0.717) is 27.6 Å². The summed E-state index contributed by atoms with van der Waals surface area (Å²) in [5.41, 5.74) is 2.10. The Bertz CT molecular complexity index is 547. The van der Waals surface area contributed by atoms with Gasteiger partial charge < -0.3 is 0 Å². The van der Waals surface area contributed by atoms with E-state index in [1.54, 1.807) is 0 Å². The maximum absolute atomic E-state index is 9.46. The molecule has 0 heterocycles. The molecule has 0 aromatic heterocycles. The molecule has 4 aliphatic rings. The van der Waals surface area contributed by atoms with Crippen LogP contribution in [0.1, 0.15) is 91.9 Å². The zero-order valence-electron chi connectivity index (χ0n) is 15.8. The van der Waals surface area contributed by atoms with Crippen molar-refractivity contribution < 1.29 is 0 Å². The van der Waals surface area contributed by atoms with Crippen LogP contribution in [0.2, 0.25) is 0 Å². The number of fused-ring (bicyclic) bond motifs is 5. The molecular weight excluding hydrogens is 278 g/mol. The largest absolute Gasteiger partial charge is 0.198 e. The highest BCUT2D eigenvalue weighted by molar-refractivity contribution is 5.15. The Balaban J connectivity index is 1.70. The summed E-state index contributed by atoms with van der Waals surface area (Å²) in [7, 11) is 0. The zero-order valence-corrected chi connectivity index (χ0v) is 15.8. The van der Waals surface area contributed by atoms with Crippen molar-refractivity contribution in [1.29, 1.82) is 5.26 Å². The van der Waals surface area contributed by atoms with Gasteiger partial charge in [0.1, 0.15) is 0 Å². The van der Waals surface area contributed by atoms with E-state index in [1.807, 2.05) is 0 Å². The van der Waals surface area contributed by atoms with Crippen LogP contribution in [0.4, 0.5) is 0 Å². The molecule has 0 aromatic rings. The van der Waals surface area contributed by atoms with Gasteiger partial charge in [-0.15, -0.1) is 0 Å². The average molecular weight is 314 g/mol. The number of hydrogen-bond acceptors (Lipinski definition) is 1. The molecule has 4 saturated carbocycles. The van der Waals surface area contributed by atoms with Gasteiger partial charge in [0.15, 0.2) is 0 Å². The molecule has 0 radical (unpaired) electrons. The summed E-state index contributed by atoms with van der Waals surface area (Å²) in [6, 6.07) is 2.60. The van der Waals surface area contributed by atoms with Crippen LogP contribution in [0, 0.1) is 50.7 Å². The van der Waals surface area contributed by atoms with Crippen LogP contribution in [0.5, 0.6) is 0 Å². The third-order valence-electron chi connectivity index (χ3n) is 10.2. The first-order valence-corrected chi connectivity index (χ1v) is 10.2. The Morgan fingerprint density at radius 3 is 2.00 bits per heavy atom. The highest BCUT2D eigenvalue weighted by atomic mass is 14.7. The Hall–Kier alpha value is -0.510. The van der Waals surface area contributed by atoms with E-state index in [-0.39, 0.29) is 0 Å². The quantitative estimate of drug-likeness (QED) is 0.512. The molecule has 0 amide bonds. The summed E-state index contributed by atoms with van der Waals surface area (Å²) < 4.78 is 0. The SMILES string of the molecule is C[C@@]12CCC[C@@]1(C)[C@H]1CC[C@@]3(C)C[C@H](C#N)CC[C@]3(C)[C@@H]1CC2. The lowest BCUT2D eigenvalue weighted by atomic mass is 9.37. The van der Waals surface area contributed by atoms with Crippen molar-refractivity contribution in [1.82, 2.24) is 0 Å². The first-order chi connectivity index (χ1) is 10.8. The van der Waals surface area contributed by atoms with Gasteiger partial charge in [-0.05, 0) is 91.3 Å². The molecule has 23 heavy (non-hydrogen) atoms. The van der Waals surface area contributed by atoms with Crippen LogP contribution in [0.3, 0.4) is 0 Å². The molecule has 4 aliphatic carbocycles. The molecule has 0 bridgehead atoms. The lowest BCUT2D eigenvalue weighted by Crippen LogP contribution is -2.59. The number of rotatable bonds is 0. The Morgan fingerprint density at radius 2 is 1.35 bits per heavy atom. The summed E-state index contributed by atoms with van der Waals surface area (Å²) in [5, 5.41) is 9.46. The van der Waals surface area contributed by atoms with Gasteiger partial charge in [0, 0.05) is 5.92 Å². The lowest BCUT2D eigenvalue weighted by molar-refractivity contribution is -0.181. The Morgan fingerprint density at radius 1 is 0.739 bits per heavy atom. The summed E-state index contributed by atoms with van der Waals surface area (Å²) in [6.07, 6.45) is 13.7. The van der Waals surface area contributed by atoms with E-state index >= 15 is 0 Å². The van der Waals surface area contributed by atoms with Crippen LogP contribution in [-0.4, -0.2) is 0 Å². The molecular formula is C22H35N. The minimum absolute atomic E-state index is 0.320. The molecule has 128 valence electrons. The molecule has 4 fully saturated rings. The minimum atomic E-state index is 0.320. The van der Waals surface area contributed by atoms with E-state index in [1.165, 1.54) is 51.4 Å². The van der Waals surface area contributed by atoms with Crippen molar-refractivity contribution in [2.24, 2.45) is 39.4 Å². The number of nitriles is 1. The molecule has 1 nitrogen and oxygen atoms in total. The highest BCUT2D eigenvalue weighted by Gasteiger charge is 2.65. The van der Waals surface area contributed by atoms with Crippen molar-refractivity contribution in [2.45, 2.75) is 91.9 Å². The molecule has 4 rings (SSSR count). The van der Waals surface area contributed by atoms with E-state index in [4.69, 9.17) is 0 Å². The molecule has 0 unspecified atom stereocenters. The van der Waals surface area contributed by atoms with Crippen LogP contribution in [0.25, 0.3) is 0 Å². The summed E-state index contributed by atoms with van der Waals surface area (Å²) in [6.45, 7) is 10.4. The maximum atomic E-state index is 9.46. The van der Waals surface area contributed by atoms with Crippen molar-refractivity contribution in [3.8, 4) is 6.07 Å². The van der Waals surface area contributed by atoms with E-state index in [0.717, 1.165) is 24.7 Å². The second-order valence-corrected chi connectivity index (χ2v) is 10.7. The van der Waals surface area contributed by atoms with Gasteiger partial charge in [0.25, 0.3) is 0 Å². The number of hydrogen-bond donors (Lipinski definition) is 0. The predicted molar refractivity (Wildman–Crippen MR) is 94.7 cm³/mol. The molecule has 1 heteroatoms. The first kappa shape index (κ1) is 16.0. The summed E-state index contributed by atoms with van der Waals surface area (Å²) >= 11 is 0. The predicted octanol–water partition coefficient (Wildman–Crippen LogP) is 6.34. The molecule has 0 aliphatic heterocycles. The van der Waals surface area contributed by atoms with Crippen LogP contribution >= 0.6 is 0 Å². The monoisotopic (exact) mass is 313 g/mol. The summed E-state index contributed by atoms with van der Waals surface area (Å²) in [5.74, 6) is 2.18. The Kier molecular flexibility index (Phi) is 3.32.